The van der Waals surface area contributed by atoms with Crippen LogP contribution in [-0.2, 0) is 19.1 Å². The van der Waals surface area contributed by atoms with Gasteiger partial charge in [0.05, 0.1) is 26.1 Å². The molecule has 3 heterocycles. The number of ether oxygens (including phenoxy) is 2. The number of hydrogen-bond donors (Lipinski definition) is 0. The van der Waals surface area contributed by atoms with Crippen LogP contribution < -0.4 is 0 Å². The molecule has 0 atom stereocenters. The van der Waals surface area contributed by atoms with Gasteiger partial charge < -0.3 is 9.47 Å². The molecule has 1 aromatic carbocycles. The highest BCUT2D eigenvalue weighted by Gasteiger charge is 2.42. The summed E-state index contributed by atoms with van der Waals surface area (Å²) in [7, 11) is 2.41. The minimum absolute atomic E-state index is 0.0468. The number of nitrogens with zero attached hydrogens (tertiary/aromatic N) is 4. The van der Waals surface area contributed by atoms with Gasteiger partial charge >= 0.3 is 11.9 Å². The second-order valence-electron chi connectivity index (χ2n) is 5.70. The van der Waals surface area contributed by atoms with Crippen molar-refractivity contribution in [2.24, 2.45) is 9.98 Å². The summed E-state index contributed by atoms with van der Waals surface area (Å²) < 4.78 is 9.65. The molecule has 3 aliphatic rings. The fraction of sp³-hybridized carbons (Fsp3) is 0.105. The second kappa shape index (κ2) is 6.07. The maximum atomic E-state index is 12.5. The smallest absolute Gasteiger partial charge is 0.357 e. The number of carbonyl (C=O) groups is 2. The maximum Gasteiger partial charge on any atom is 0.357 e. The highest BCUT2D eigenvalue weighted by atomic mass is 16.5. The number of methoxy groups -OCH3 is 2. The summed E-state index contributed by atoms with van der Waals surface area (Å²) >= 11 is 0. The van der Waals surface area contributed by atoms with E-state index < -0.39 is 11.9 Å². The number of aliphatic imine (C=N–C) groups is 2. The lowest BCUT2D eigenvalue weighted by Gasteiger charge is -2.37. The molecule has 0 bridgehead atoms. The van der Waals surface area contributed by atoms with Gasteiger partial charge in [0.2, 0.25) is 0 Å². The Morgan fingerprint density at radius 3 is 2.56 bits per heavy atom. The van der Waals surface area contributed by atoms with Gasteiger partial charge in [0.25, 0.3) is 0 Å². The minimum Gasteiger partial charge on any atom is -0.465 e. The number of rotatable bonds is 2. The summed E-state index contributed by atoms with van der Waals surface area (Å²) in [6, 6.07) is 9.47. The quantitative estimate of drug-likeness (QED) is 0.741. The van der Waals surface area contributed by atoms with Gasteiger partial charge in [-0.2, -0.15) is 5.26 Å². The van der Waals surface area contributed by atoms with E-state index in [4.69, 9.17) is 9.47 Å². The third-order valence-electron chi connectivity index (χ3n) is 4.31. The fourth-order valence-electron chi connectivity index (χ4n) is 3.12. The lowest BCUT2D eigenvalue weighted by atomic mass is 9.93. The largest absolute Gasteiger partial charge is 0.465 e. The zero-order valence-electron chi connectivity index (χ0n) is 14.4. The zero-order chi connectivity index (χ0) is 19.1. The van der Waals surface area contributed by atoms with E-state index in [9.17, 15) is 14.9 Å². The number of hydrogen-bond acceptors (Lipinski definition) is 8. The highest BCUT2D eigenvalue weighted by molar-refractivity contribution is 6.25. The number of fused-ring (bicyclic) bond motifs is 2. The van der Waals surface area contributed by atoms with Crippen LogP contribution in [0.2, 0.25) is 0 Å². The van der Waals surface area contributed by atoms with Crippen LogP contribution in [0.5, 0.6) is 0 Å². The van der Waals surface area contributed by atoms with Crippen molar-refractivity contribution in [2.75, 3.05) is 14.2 Å². The molecule has 4 rings (SSSR count). The normalized spacial score (nSPS) is 16.7. The van der Waals surface area contributed by atoms with Gasteiger partial charge in [0.15, 0.2) is 11.5 Å². The molecule has 0 amide bonds. The molecule has 0 spiro atoms. The molecule has 0 radical (unpaired) electrons. The standard InChI is InChI=1S/C19H12N4O4/c1-26-18(24)14-13-7-10-5-3-4-6-12(10)17-21-9-11(8-20)16(23(13)17)22-15(14)19(25)27-2/h3-7,9H,1-2H3. The summed E-state index contributed by atoms with van der Waals surface area (Å²) in [4.78, 5) is 35.0. The second-order valence-corrected chi connectivity index (χ2v) is 5.70. The summed E-state index contributed by atoms with van der Waals surface area (Å²) in [5, 5.41) is 9.45. The number of amidine groups is 2. The topological polar surface area (TPSA) is 104 Å². The van der Waals surface area contributed by atoms with E-state index in [1.54, 1.807) is 11.0 Å². The van der Waals surface area contributed by atoms with E-state index in [1.807, 2.05) is 30.3 Å². The molecule has 0 unspecified atom stereocenters. The van der Waals surface area contributed by atoms with E-state index in [1.165, 1.54) is 20.4 Å². The van der Waals surface area contributed by atoms with E-state index in [-0.39, 0.29) is 22.7 Å². The lowest BCUT2D eigenvalue weighted by Crippen LogP contribution is -2.45. The first-order valence-corrected chi connectivity index (χ1v) is 7.90. The van der Waals surface area contributed by atoms with Gasteiger partial charge in [0, 0.05) is 5.56 Å². The van der Waals surface area contributed by atoms with Crippen LogP contribution in [-0.4, -0.2) is 42.7 Å². The molecule has 0 N–H and O–H groups in total. The summed E-state index contributed by atoms with van der Waals surface area (Å²) in [6.07, 6.45) is 3.13. The molecule has 132 valence electrons. The van der Waals surface area contributed by atoms with Crippen molar-refractivity contribution in [1.29, 1.82) is 5.26 Å². The molecule has 0 saturated carbocycles. The first-order chi connectivity index (χ1) is 13.1. The Bertz CT molecular complexity index is 1100. The van der Waals surface area contributed by atoms with Crippen molar-refractivity contribution in [3.63, 3.8) is 0 Å². The SMILES string of the molecule is COC(=O)C1=C(C(=O)OC)C2=Cc3ccccc3C3=NC=C(C#N)C(=N1)N23. The van der Waals surface area contributed by atoms with E-state index in [0.717, 1.165) is 11.1 Å². The van der Waals surface area contributed by atoms with Crippen LogP contribution in [0.3, 0.4) is 0 Å². The molecule has 8 nitrogen and oxygen atoms in total. The van der Waals surface area contributed by atoms with Crippen LogP contribution in [0.4, 0.5) is 0 Å². The molecule has 0 aliphatic carbocycles. The number of carbonyl (C=O) groups excluding carboxylic acids is 2. The van der Waals surface area contributed by atoms with Gasteiger partial charge in [-0.15, -0.1) is 0 Å². The van der Waals surface area contributed by atoms with E-state index >= 15 is 0 Å². The summed E-state index contributed by atoms with van der Waals surface area (Å²) in [5.74, 6) is -0.831. The van der Waals surface area contributed by atoms with Crippen LogP contribution in [0, 0.1) is 11.3 Å². The van der Waals surface area contributed by atoms with Crippen molar-refractivity contribution in [2.45, 2.75) is 0 Å². The third kappa shape index (κ3) is 2.29. The van der Waals surface area contributed by atoms with Crippen molar-refractivity contribution < 1.29 is 19.1 Å². The predicted molar refractivity (Wildman–Crippen MR) is 95.0 cm³/mol. The summed E-state index contributed by atoms with van der Waals surface area (Å²) in [5.41, 5.74) is 1.87. The molecule has 3 aliphatic heterocycles. The third-order valence-corrected chi connectivity index (χ3v) is 4.31. The Morgan fingerprint density at radius 1 is 1.11 bits per heavy atom. The minimum atomic E-state index is -0.802. The molecule has 0 fully saturated rings. The van der Waals surface area contributed by atoms with Crippen LogP contribution in [0.15, 0.2) is 63.0 Å². The Morgan fingerprint density at radius 2 is 1.85 bits per heavy atom. The number of benzene rings is 1. The highest BCUT2D eigenvalue weighted by Crippen LogP contribution is 2.38. The Hall–Kier alpha value is -3.99. The van der Waals surface area contributed by atoms with E-state index in [2.05, 4.69) is 9.98 Å². The number of nitriles is 1. The van der Waals surface area contributed by atoms with Gasteiger partial charge in [-0.05, 0) is 11.6 Å². The summed E-state index contributed by atoms with van der Waals surface area (Å²) in [6.45, 7) is 0. The molecule has 0 aromatic heterocycles. The molecule has 8 heteroatoms. The zero-order valence-corrected chi connectivity index (χ0v) is 14.4. The van der Waals surface area contributed by atoms with Crippen LogP contribution in [0.1, 0.15) is 11.1 Å². The molecular weight excluding hydrogens is 348 g/mol. The van der Waals surface area contributed by atoms with Gasteiger partial charge in [-0.1, -0.05) is 24.3 Å². The Balaban J connectivity index is 2.10. The number of esters is 2. The maximum absolute atomic E-state index is 12.5. The van der Waals surface area contributed by atoms with Crippen LogP contribution >= 0.6 is 0 Å². The predicted octanol–water partition coefficient (Wildman–Crippen LogP) is 1.52. The van der Waals surface area contributed by atoms with Gasteiger partial charge in [0.1, 0.15) is 23.1 Å². The fourth-order valence-corrected chi connectivity index (χ4v) is 3.12. The van der Waals surface area contributed by atoms with Crippen LogP contribution in [0.25, 0.3) is 6.08 Å². The van der Waals surface area contributed by atoms with E-state index in [0.29, 0.717) is 11.5 Å². The van der Waals surface area contributed by atoms with Crippen molar-refractivity contribution in [3.8, 4) is 6.07 Å². The first kappa shape index (κ1) is 16.5. The van der Waals surface area contributed by atoms with Gasteiger partial charge in [-0.25, -0.2) is 19.6 Å². The lowest BCUT2D eigenvalue weighted by molar-refractivity contribution is -0.139. The van der Waals surface area contributed by atoms with Crippen molar-refractivity contribution in [1.82, 2.24) is 4.90 Å². The monoisotopic (exact) mass is 360 g/mol. The molecule has 1 aromatic rings. The molecular formula is C19H12N4O4. The average molecular weight is 360 g/mol. The Labute approximate surface area is 154 Å². The first-order valence-electron chi connectivity index (χ1n) is 7.90. The Kier molecular flexibility index (Phi) is 3.70. The molecule has 0 saturated heterocycles. The molecule has 27 heavy (non-hydrogen) atoms. The van der Waals surface area contributed by atoms with Crippen molar-refractivity contribution >= 4 is 29.7 Å². The van der Waals surface area contributed by atoms with Crippen molar-refractivity contribution in [3.05, 3.63) is 64.1 Å². The average Bonchev–Trinajstić information content (AvgIpc) is 2.72. The van der Waals surface area contributed by atoms with Gasteiger partial charge in [-0.3, -0.25) is 4.90 Å².